The minimum absolute atomic E-state index is 0.166. The number of hydrogen-bond donors (Lipinski definition) is 1. The summed E-state index contributed by atoms with van der Waals surface area (Å²) in [5.74, 6) is 2.73. The monoisotopic (exact) mass is 269 g/mol. The summed E-state index contributed by atoms with van der Waals surface area (Å²) in [7, 11) is 0. The molecular formula is C15H24FNS. The third-order valence-corrected chi connectivity index (χ3v) is 3.92. The molecule has 0 heterocycles. The van der Waals surface area contributed by atoms with Crippen molar-refractivity contribution in [1.29, 1.82) is 0 Å². The summed E-state index contributed by atoms with van der Waals surface area (Å²) in [6.07, 6.45) is 1.18. The van der Waals surface area contributed by atoms with E-state index in [1.165, 1.54) is 23.5 Å². The standard InChI is InChI=1S/C15H24FNS/c1-4-18-11-5-10-17-15(12(2)3)13-6-8-14(16)9-7-13/h6-9,12,15,17H,4-5,10-11H2,1-3H3. The van der Waals surface area contributed by atoms with E-state index >= 15 is 0 Å². The molecule has 0 aliphatic rings. The summed E-state index contributed by atoms with van der Waals surface area (Å²) in [6.45, 7) is 7.60. The molecule has 0 fully saturated rings. The molecule has 0 amide bonds. The Balaban J connectivity index is 2.47. The average molecular weight is 269 g/mol. The zero-order chi connectivity index (χ0) is 13.4. The van der Waals surface area contributed by atoms with Crippen LogP contribution in [-0.4, -0.2) is 18.1 Å². The molecule has 0 saturated carbocycles. The van der Waals surface area contributed by atoms with Crippen LogP contribution in [0.15, 0.2) is 24.3 Å². The van der Waals surface area contributed by atoms with Crippen LogP contribution in [-0.2, 0) is 0 Å². The molecule has 1 rings (SSSR count). The molecular weight excluding hydrogens is 245 g/mol. The van der Waals surface area contributed by atoms with Gasteiger partial charge in [-0.3, -0.25) is 0 Å². The normalized spacial score (nSPS) is 12.9. The Hall–Kier alpha value is -0.540. The van der Waals surface area contributed by atoms with Crippen LogP contribution in [0.3, 0.4) is 0 Å². The maximum absolute atomic E-state index is 12.9. The van der Waals surface area contributed by atoms with Gasteiger partial charge in [-0.15, -0.1) is 0 Å². The molecule has 0 aliphatic carbocycles. The first-order valence-electron chi connectivity index (χ1n) is 6.71. The van der Waals surface area contributed by atoms with Crippen LogP contribution in [0.2, 0.25) is 0 Å². The van der Waals surface area contributed by atoms with E-state index in [4.69, 9.17) is 0 Å². The van der Waals surface area contributed by atoms with Gasteiger partial charge in [0, 0.05) is 6.04 Å². The van der Waals surface area contributed by atoms with Gasteiger partial charge in [0.1, 0.15) is 5.82 Å². The molecule has 0 bridgehead atoms. The highest BCUT2D eigenvalue weighted by Crippen LogP contribution is 2.21. The van der Waals surface area contributed by atoms with Gasteiger partial charge in [0.15, 0.2) is 0 Å². The van der Waals surface area contributed by atoms with Crippen molar-refractivity contribution in [3.8, 4) is 0 Å². The molecule has 0 aromatic heterocycles. The fourth-order valence-electron chi connectivity index (χ4n) is 1.98. The summed E-state index contributed by atoms with van der Waals surface area (Å²) < 4.78 is 12.9. The van der Waals surface area contributed by atoms with E-state index in [-0.39, 0.29) is 5.82 Å². The Labute approximate surface area is 115 Å². The Morgan fingerprint density at radius 3 is 2.44 bits per heavy atom. The predicted octanol–water partition coefficient (Wildman–Crippen LogP) is 4.26. The lowest BCUT2D eigenvalue weighted by Crippen LogP contribution is -2.27. The van der Waals surface area contributed by atoms with Gasteiger partial charge in [0.2, 0.25) is 0 Å². The second-order valence-corrected chi connectivity index (χ2v) is 6.17. The van der Waals surface area contributed by atoms with Crippen LogP contribution in [0, 0.1) is 11.7 Å². The van der Waals surface area contributed by atoms with Crippen LogP contribution in [0.1, 0.15) is 38.8 Å². The first kappa shape index (κ1) is 15.5. The van der Waals surface area contributed by atoms with Gasteiger partial charge in [0.05, 0.1) is 0 Å². The molecule has 3 heteroatoms. The second-order valence-electron chi connectivity index (χ2n) is 4.78. The van der Waals surface area contributed by atoms with Gasteiger partial charge in [-0.05, 0) is 48.1 Å². The van der Waals surface area contributed by atoms with Crippen LogP contribution < -0.4 is 5.32 Å². The van der Waals surface area contributed by atoms with Crippen molar-refractivity contribution in [3.05, 3.63) is 35.6 Å². The summed E-state index contributed by atoms with van der Waals surface area (Å²) in [4.78, 5) is 0. The lowest BCUT2D eigenvalue weighted by atomic mass is 9.96. The lowest BCUT2D eigenvalue weighted by molar-refractivity contribution is 0.413. The van der Waals surface area contributed by atoms with Gasteiger partial charge < -0.3 is 5.32 Å². The summed E-state index contributed by atoms with van der Waals surface area (Å²) in [5.41, 5.74) is 1.18. The molecule has 1 aromatic carbocycles. The van der Waals surface area contributed by atoms with Crippen molar-refractivity contribution in [1.82, 2.24) is 5.32 Å². The Bertz CT molecular complexity index is 324. The summed E-state index contributed by atoms with van der Waals surface area (Å²) in [6, 6.07) is 7.16. The number of rotatable bonds is 8. The molecule has 1 aromatic rings. The lowest BCUT2D eigenvalue weighted by Gasteiger charge is -2.23. The van der Waals surface area contributed by atoms with Gasteiger partial charge in [-0.25, -0.2) is 4.39 Å². The summed E-state index contributed by atoms with van der Waals surface area (Å²) >= 11 is 1.98. The van der Waals surface area contributed by atoms with Crippen molar-refractivity contribution in [3.63, 3.8) is 0 Å². The van der Waals surface area contributed by atoms with E-state index in [2.05, 4.69) is 26.1 Å². The Kier molecular flexibility index (Phi) is 7.36. The highest BCUT2D eigenvalue weighted by atomic mass is 32.2. The van der Waals surface area contributed by atoms with Gasteiger partial charge in [-0.2, -0.15) is 11.8 Å². The fourth-order valence-corrected chi connectivity index (χ4v) is 2.62. The van der Waals surface area contributed by atoms with Gasteiger partial charge in [-0.1, -0.05) is 32.9 Å². The van der Waals surface area contributed by atoms with Gasteiger partial charge >= 0.3 is 0 Å². The van der Waals surface area contributed by atoms with E-state index in [9.17, 15) is 4.39 Å². The topological polar surface area (TPSA) is 12.0 Å². The first-order valence-corrected chi connectivity index (χ1v) is 7.87. The molecule has 1 N–H and O–H groups in total. The van der Waals surface area contributed by atoms with E-state index in [1.807, 2.05) is 23.9 Å². The van der Waals surface area contributed by atoms with Crippen molar-refractivity contribution >= 4 is 11.8 Å². The average Bonchev–Trinajstić information content (AvgIpc) is 2.35. The number of nitrogens with one attached hydrogen (secondary N) is 1. The quantitative estimate of drug-likeness (QED) is 0.708. The van der Waals surface area contributed by atoms with E-state index in [1.54, 1.807) is 12.1 Å². The highest BCUT2D eigenvalue weighted by Gasteiger charge is 2.14. The fraction of sp³-hybridized carbons (Fsp3) is 0.600. The maximum atomic E-state index is 12.9. The number of halogens is 1. The molecule has 102 valence electrons. The molecule has 0 radical (unpaired) electrons. The van der Waals surface area contributed by atoms with Crippen LogP contribution in [0.4, 0.5) is 4.39 Å². The third-order valence-electron chi connectivity index (χ3n) is 2.93. The van der Waals surface area contributed by atoms with Crippen LogP contribution in [0.5, 0.6) is 0 Å². The van der Waals surface area contributed by atoms with E-state index < -0.39 is 0 Å². The molecule has 0 aliphatic heterocycles. The Morgan fingerprint density at radius 1 is 1.22 bits per heavy atom. The molecule has 0 spiro atoms. The van der Waals surface area contributed by atoms with E-state index in [0.29, 0.717) is 12.0 Å². The number of hydrogen-bond acceptors (Lipinski definition) is 2. The number of thioether (sulfide) groups is 1. The van der Waals surface area contributed by atoms with Crippen molar-refractivity contribution in [2.24, 2.45) is 5.92 Å². The molecule has 1 atom stereocenters. The molecule has 1 nitrogen and oxygen atoms in total. The number of benzene rings is 1. The minimum Gasteiger partial charge on any atom is -0.310 e. The first-order chi connectivity index (χ1) is 8.65. The van der Waals surface area contributed by atoms with Crippen LogP contribution >= 0.6 is 11.8 Å². The third kappa shape index (κ3) is 5.40. The largest absolute Gasteiger partial charge is 0.310 e. The Morgan fingerprint density at radius 2 is 1.89 bits per heavy atom. The smallest absolute Gasteiger partial charge is 0.123 e. The zero-order valence-electron chi connectivity index (χ0n) is 11.6. The van der Waals surface area contributed by atoms with Crippen molar-refractivity contribution in [2.45, 2.75) is 33.2 Å². The second kappa shape index (κ2) is 8.54. The van der Waals surface area contributed by atoms with Gasteiger partial charge in [0.25, 0.3) is 0 Å². The minimum atomic E-state index is -0.166. The van der Waals surface area contributed by atoms with Crippen molar-refractivity contribution < 1.29 is 4.39 Å². The maximum Gasteiger partial charge on any atom is 0.123 e. The van der Waals surface area contributed by atoms with Crippen molar-refractivity contribution in [2.75, 3.05) is 18.1 Å². The van der Waals surface area contributed by atoms with E-state index in [0.717, 1.165) is 6.54 Å². The zero-order valence-corrected chi connectivity index (χ0v) is 12.4. The molecule has 18 heavy (non-hydrogen) atoms. The predicted molar refractivity (Wildman–Crippen MR) is 79.6 cm³/mol. The highest BCUT2D eigenvalue weighted by molar-refractivity contribution is 7.99. The molecule has 1 unspecified atom stereocenters. The van der Waals surface area contributed by atoms with Crippen LogP contribution in [0.25, 0.3) is 0 Å². The summed E-state index contributed by atoms with van der Waals surface area (Å²) in [5, 5.41) is 3.58. The SMILES string of the molecule is CCSCCCNC(c1ccc(F)cc1)C(C)C. The molecule has 0 saturated heterocycles.